The van der Waals surface area contributed by atoms with Crippen molar-refractivity contribution in [2.45, 2.75) is 70.1 Å². The molecule has 0 aliphatic heterocycles. The lowest BCUT2D eigenvalue weighted by atomic mass is 9.61. The Morgan fingerprint density at radius 2 is 1.81 bits per heavy atom. The minimum atomic E-state index is 0.412. The number of aryl methyl sites for hydroxylation is 1. The van der Waals surface area contributed by atoms with E-state index in [1.54, 1.807) is 11.1 Å². The molecule has 2 aliphatic rings. The van der Waals surface area contributed by atoms with Crippen molar-refractivity contribution < 1.29 is 0 Å². The van der Waals surface area contributed by atoms with Gasteiger partial charge in [0.15, 0.2) is 0 Å². The molecule has 0 bridgehead atoms. The van der Waals surface area contributed by atoms with Crippen molar-refractivity contribution in [2.24, 2.45) is 5.92 Å². The first kappa shape index (κ1) is 15.1. The van der Waals surface area contributed by atoms with E-state index in [1.165, 1.54) is 64.3 Å². The number of nitrogens with one attached hydrogen (secondary N) is 1. The van der Waals surface area contributed by atoms with Gasteiger partial charge in [-0.15, -0.1) is 0 Å². The molecule has 0 aromatic heterocycles. The van der Waals surface area contributed by atoms with Gasteiger partial charge in [0.05, 0.1) is 0 Å². The van der Waals surface area contributed by atoms with E-state index in [-0.39, 0.29) is 0 Å². The van der Waals surface area contributed by atoms with Crippen LogP contribution in [-0.4, -0.2) is 13.1 Å². The summed E-state index contributed by atoms with van der Waals surface area (Å²) >= 11 is 0. The van der Waals surface area contributed by atoms with Crippen LogP contribution in [0.3, 0.4) is 0 Å². The summed E-state index contributed by atoms with van der Waals surface area (Å²) in [5.41, 5.74) is 3.73. The number of hydrogen-bond acceptors (Lipinski definition) is 1. The highest BCUT2D eigenvalue weighted by molar-refractivity contribution is 5.38. The third kappa shape index (κ3) is 3.04. The van der Waals surface area contributed by atoms with Gasteiger partial charge in [-0.2, -0.15) is 0 Å². The van der Waals surface area contributed by atoms with E-state index in [9.17, 15) is 0 Å². The summed E-state index contributed by atoms with van der Waals surface area (Å²) in [5, 5.41) is 3.72. The highest BCUT2D eigenvalue weighted by Gasteiger charge is 2.42. The molecule has 1 atom stereocenters. The van der Waals surface area contributed by atoms with E-state index >= 15 is 0 Å². The van der Waals surface area contributed by atoms with Crippen LogP contribution in [0.5, 0.6) is 0 Å². The lowest BCUT2D eigenvalue weighted by Crippen LogP contribution is -2.46. The summed E-state index contributed by atoms with van der Waals surface area (Å²) in [6, 6.07) is 9.32. The molecule has 0 amide bonds. The molecule has 1 unspecified atom stereocenters. The van der Waals surface area contributed by atoms with Gasteiger partial charge in [0.2, 0.25) is 0 Å². The minimum Gasteiger partial charge on any atom is -0.316 e. The molecule has 0 heterocycles. The summed E-state index contributed by atoms with van der Waals surface area (Å²) in [6.45, 7) is 4.53. The van der Waals surface area contributed by atoms with Crippen molar-refractivity contribution in [1.29, 1.82) is 0 Å². The third-order valence-corrected chi connectivity index (χ3v) is 5.95. The Morgan fingerprint density at radius 1 is 1.05 bits per heavy atom. The fourth-order valence-electron chi connectivity index (χ4n) is 4.88. The summed E-state index contributed by atoms with van der Waals surface area (Å²) in [7, 11) is 0. The zero-order valence-corrected chi connectivity index (χ0v) is 13.7. The van der Waals surface area contributed by atoms with Crippen LogP contribution < -0.4 is 5.32 Å². The molecule has 2 aliphatic carbocycles. The van der Waals surface area contributed by atoms with Crippen LogP contribution in [0.15, 0.2) is 24.3 Å². The van der Waals surface area contributed by atoms with Crippen LogP contribution in [0.1, 0.15) is 69.4 Å². The summed E-state index contributed by atoms with van der Waals surface area (Å²) in [5.74, 6) is 0.889. The van der Waals surface area contributed by atoms with E-state index in [0.29, 0.717) is 5.41 Å². The van der Waals surface area contributed by atoms with Crippen molar-refractivity contribution in [3.8, 4) is 0 Å². The number of hydrogen-bond donors (Lipinski definition) is 1. The number of likely N-dealkylation sites (N-methyl/N-ethyl adjacent to an activating group) is 1. The van der Waals surface area contributed by atoms with Crippen molar-refractivity contribution in [3.63, 3.8) is 0 Å². The van der Waals surface area contributed by atoms with Crippen molar-refractivity contribution in [1.82, 2.24) is 5.32 Å². The van der Waals surface area contributed by atoms with E-state index in [1.807, 2.05) is 0 Å². The molecule has 1 aromatic carbocycles. The Kier molecular flexibility index (Phi) is 5.00. The molecule has 1 saturated carbocycles. The molecule has 0 spiro atoms. The second-order valence-corrected chi connectivity index (χ2v) is 7.14. The molecular weight excluding hydrogens is 254 g/mol. The molecule has 116 valence electrons. The molecule has 0 radical (unpaired) electrons. The highest BCUT2D eigenvalue weighted by atomic mass is 14.9. The van der Waals surface area contributed by atoms with Gasteiger partial charge >= 0.3 is 0 Å². The Morgan fingerprint density at radius 3 is 2.57 bits per heavy atom. The molecule has 1 nitrogen and oxygen atoms in total. The lowest BCUT2D eigenvalue weighted by molar-refractivity contribution is 0.200. The SMILES string of the molecule is CCNCC1(C2CCCCCC2)CCCc2ccccc21. The van der Waals surface area contributed by atoms with Crippen LogP contribution in [0.2, 0.25) is 0 Å². The topological polar surface area (TPSA) is 12.0 Å². The lowest BCUT2D eigenvalue weighted by Gasteiger charge is -2.45. The van der Waals surface area contributed by atoms with Crippen molar-refractivity contribution >= 4 is 0 Å². The Bertz CT molecular complexity index is 445. The molecule has 1 N–H and O–H groups in total. The van der Waals surface area contributed by atoms with Gasteiger partial charge in [0.25, 0.3) is 0 Å². The molecule has 1 aromatic rings. The maximum absolute atomic E-state index is 3.72. The van der Waals surface area contributed by atoms with E-state index in [0.717, 1.165) is 12.5 Å². The first-order valence-electron chi connectivity index (χ1n) is 9.16. The monoisotopic (exact) mass is 285 g/mol. The van der Waals surface area contributed by atoms with Gasteiger partial charge < -0.3 is 5.32 Å². The Balaban J connectivity index is 1.96. The summed E-state index contributed by atoms with van der Waals surface area (Å²) in [6.07, 6.45) is 12.7. The summed E-state index contributed by atoms with van der Waals surface area (Å²) < 4.78 is 0. The second-order valence-electron chi connectivity index (χ2n) is 7.14. The van der Waals surface area contributed by atoms with Crippen LogP contribution >= 0.6 is 0 Å². The fraction of sp³-hybridized carbons (Fsp3) is 0.700. The molecule has 21 heavy (non-hydrogen) atoms. The average molecular weight is 285 g/mol. The minimum absolute atomic E-state index is 0.412. The maximum atomic E-state index is 3.72. The summed E-state index contributed by atoms with van der Waals surface area (Å²) in [4.78, 5) is 0. The van der Waals surface area contributed by atoms with Crippen molar-refractivity contribution in [3.05, 3.63) is 35.4 Å². The average Bonchev–Trinajstić information content (AvgIpc) is 2.82. The standard InChI is InChI=1S/C20H31N/c1-2-21-16-20(18-12-5-3-4-6-13-18)15-9-11-17-10-7-8-14-19(17)20/h7-8,10,14,18,21H,2-6,9,11-13,15-16H2,1H3. The van der Waals surface area contributed by atoms with Gasteiger partial charge in [-0.3, -0.25) is 0 Å². The quantitative estimate of drug-likeness (QED) is 0.780. The van der Waals surface area contributed by atoms with E-state index < -0.39 is 0 Å². The number of fused-ring (bicyclic) bond motifs is 1. The molecule has 1 heteroatoms. The van der Waals surface area contributed by atoms with Crippen LogP contribution in [0.4, 0.5) is 0 Å². The predicted molar refractivity (Wildman–Crippen MR) is 90.8 cm³/mol. The fourth-order valence-corrected chi connectivity index (χ4v) is 4.88. The molecule has 3 rings (SSSR count). The van der Waals surface area contributed by atoms with Gasteiger partial charge in [0, 0.05) is 12.0 Å². The first-order valence-corrected chi connectivity index (χ1v) is 9.16. The number of rotatable bonds is 4. The van der Waals surface area contributed by atoms with Gasteiger partial charge in [-0.05, 0) is 55.7 Å². The van der Waals surface area contributed by atoms with Crippen LogP contribution in [0, 0.1) is 5.92 Å². The predicted octanol–water partition coefficient (Wildman–Crippen LogP) is 4.84. The normalized spacial score (nSPS) is 27.1. The largest absolute Gasteiger partial charge is 0.316 e. The van der Waals surface area contributed by atoms with Gasteiger partial charge in [0.1, 0.15) is 0 Å². The van der Waals surface area contributed by atoms with Gasteiger partial charge in [-0.1, -0.05) is 56.9 Å². The smallest absolute Gasteiger partial charge is 0.0109 e. The molecular formula is C20H31N. The van der Waals surface area contributed by atoms with Crippen molar-refractivity contribution in [2.75, 3.05) is 13.1 Å². The Labute approximate surface area is 130 Å². The first-order chi connectivity index (χ1) is 10.4. The van der Waals surface area contributed by atoms with Crippen LogP contribution in [-0.2, 0) is 11.8 Å². The van der Waals surface area contributed by atoms with E-state index in [4.69, 9.17) is 0 Å². The molecule has 1 fully saturated rings. The second kappa shape index (κ2) is 6.96. The van der Waals surface area contributed by atoms with Gasteiger partial charge in [-0.25, -0.2) is 0 Å². The third-order valence-electron chi connectivity index (χ3n) is 5.95. The number of benzene rings is 1. The zero-order chi connectivity index (χ0) is 14.5. The maximum Gasteiger partial charge on any atom is 0.0109 e. The van der Waals surface area contributed by atoms with E-state index in [2.05, 4.69) is 36.5 Å². The Hall–Kier alpha value is -0.820. The molecule has 0 saturated heterocycles. The highest BCUT2D eigenvalue weighted by Crippen LogP contribution is 2.47. The zero-order valence-electron chi connectivity index (χ0n) is 13.7. The van der Waals surface area contributed by atoms with Crippen LogP contribution in [0.25, 0.3) is 0 Å².